The number of benzene rings is 1. The van der Waals surface area contributed by atoms with Crippen LogP contribution in [0.3, 0.4) is 0 Å². The van der Waals surface area contributed by atoms with Crippen LogP contribution in [-0.2, 0) is 13.0 Å². The monoisotopic (exact) mass is 235 g/mol. The Kier molecular flexibility index (Phi) is 3.69. The van der Waals surface area contributed by atoms with Gasteiger partial charge in [-0.1, -0.05) is 12.1 Å². The molecule has 2 N–H and O–H groups in total. The molecule has 17 heavy (non-hydrogen) atoms. The van der Waals surface area contributed by atoms with Gasteiger partial charge in [-0.2, -0.15) is 0 Å². The third-order valence-corrected chi connectivity index (χ3v) is 2.97. The molecule has 0 saturated heterocycles. The molecule has 0 radical (unpaired) electrons. The van der Waals surface area contributed by atoms with Gasteiger partial charge < -0.3 is 15.2 Å². The molecular formula is C14H21NO2. The Bertz CT molecular complexity index is 388. The molecule has 2 rings (SSSR count). The Morgan fingerprint density at radius 1 is 1.41 bits per heavy atom. The summed E-state index contributed by atoms with van der Waals surface area (Å²) in [5, 5.41) is 12.0. The van der Waals surface area contributed by atoms with Crippen LogP contribution in [0.25, 0.3) is 0 Å². The van der Waals surface area contributed by atoms with Gasteiger partial charge in [-0.15, -0.1) is 0 Å². The van der Waals surface area contributed by atoms with E-state index >= 15 is 0 Å². The Morgan fingerprint density at radius 3 is 3.00 bits per heavy atom. The van der Waals surface area contributed by atoms with Gasteiger partial charge in [0.1, 0.15) is 11.4 Å². The molecule has 3 heteroatoms. The maximum absolute atomic E-state index is 8.69. The van der Waals surface area contributed by atoms with Crippen molar-refractivity contribution in [2.75, 3.05) is 13.2 Å². The summed E-state index contributed by atoms with van der Waals surface area (Å²) >= 11 is 0. The standard InChI is InChI=1S/C14H21NO2/c1-14(2)9-12-8-11(4-5-13(12)17-14)10-15-6-3-7-16/h4-5,8,15-16H,3,6-7,9-10H2,1-2H3. The minimum atomic E-state index is -0.0642. The first kappa shape index (κ1) is 12.4. The zero-order valence-electron chi connectivity index (χ0n) is 10.6. The van der Waals surface area contributed by atoms with Crippen LogP contribution in [-0.4, -0.2) is 23.9 Å². The molecule has 3 nitrogen and oxygen atoms in total. The van der Waals surface area contributed by atoms with Crippen LogP contribution in [0.5, 0.6) is 5.75 Å². The lowest BCUT2D eigenvalue weighted by atomic mass is 10.0. The molecule has 1 aromatic rings. The Hall–Kier alpha value is -1.06. The zero-order valence-corrected chi connectivity index (χ0v) is 10.6. The van der Waals surface area contributed by atoms with Gasteiger partial charge in [0.25, 0.3) is 0 Å². The highest BCUT2D eigenvalue weighted by Crippen LogP contribution is 2.35. The van der Waals surface area contributed by atoms with Crippen molar-refractivity contribution in [1.29, 1.82) is 0 Å². The summed E-state index contributed by atoms with van der Waals surface area (Å²) < 4.78 is 5.84. The van der Waals surface area contributed by atoms with Crippen molar-refractivity contribution in [3.8, 4) is 5.75 Å². The van der Waals surface area contributed by atoms with Crippen LogP contribution < -0.4 is 10.1 Å². The van der Waals surface area contributed by atoms with Gasteiger partial charge in [-0.3, -0.25) is 0 Å². The van der Waals surface area contributed by atoms with Gasteiger partial charge in [0.2, 0.25) is 0 Å². The number of aliphatic hydroxyl groups is 1. The third kappa shape index (κ3) is 3.20. The minimum Gasteiger partial charge on any atom is -0.487 e. The predicted octanol–water partition coefficient (Wildman–Crippen LogP) is 1.87. The molecule has 1 aliphatic rings. The summed E-state index contributed by atoms with van der Waals surface area (Å²) in [4.78, 5) is 0. The second-order valence-electron chi connectivity index (χ2n) is 5.23. The largest absolute Gasteiger partial charge is 0.487 e. The number of rotatable bonds is 5. The molecule has 1 aliphatic heterocycles. The first-order chi connectivity index (χ1) is 8.11. The molecule has 0 amide bonds. The van der Waals surface area contributed by atoms with Crippen LogP contribution in [0, 0.1) is 0 Å². The number of fused-ring (bicyclic) bond motifs is 1. The smallest absolute Gasteiger partial charge is 0.123 e. The fraction of sp³-hybridized carbons (Fsp3) is 0.571. The van der Waals surface area contributed by atoms with Crippen molar-refractivity contribution < 1.29 is 9.84 Å². The highest BCUT2D eigenvalue weighted by molar-refractivity contribution is 5.41. The van der Waals surface area contributed by atoms with E-state index in [2.05, 4.69) is 37.4 Å². The fourth-order valence-corrected chi connectivity index (χ4v) is 2.21. The predicted molar refractivity (Wildman–Crippen MR) is 68.3 cm³/mol. The van der Waals surface area contributed by atoms with Crippen molar-refractivity contribution in [1.82, 2.24) is 5.32 Å². The molecule has 0 unspecified atom stereocenters. The summed E-state index contributed by atoms with van der Waals surface area (Å²) in [6.45, 7) is 6.20. The van der Waals surface area contributed by atoms with E-state index in [0.717, 1.165) is 31.7 Å². The van der Waals surface area contributed by atoms with Crippen molar-refractivity contribution >= 4 is 0 Å². The first-order valence-electron chi connectivity index (χ1n) is 6.23. The van der Waals surface area contributed by atoms with Gasteiger partial charge in [0.05, 0.1) is 0 Å². The number of nitrogens with one attached hydrogen (secondary N) is 1. The van der Waals surface area contributed by atoms with E-state index in [4.69, 9.17) is 9.84 Å². The van der Waals surface area contributed by atoms with E-state index in [-0.39, 0.29) is 12.2 Å². The molecule has 0 bridgehead atoms. The number of aliphatic hydroxyl groups excluding tert-OH is 1. The third-order valence-electron chi connectivity index (χ3n) is 2.97. The molecule has 94 valence electrons. The van der Waals surface area contributed by atoms with E-state index in [1.165, 1.54) is 11.1 Å². The van der Waals surface area contributed by atoms with Gasteiger partial charge in [-0.25, -0.2) is 0 Å². The summed E-state index contributed by atoms with van der Waals surface area (Å²) in [6, 6.07) is 6.38. The molecule has 0 fully saturated rings. The summed E-state index contributed by atoms with van der Waals surface area (Å²) in [6.07, 6.45) is 1.79. The van der Waals surface area contributed by atoms with Crippen LogP contribution in [0.15, 0.2) is 18.2 Å². The van der Waals surface area contributed by atoms with Gasteiger partial charge in [0, 0.05) is 19.6 Å². The number of hydrogen-bond acceptors (Lipinski definition) is 3. The number of hydrogen-bond donors (Lipinski definition) is 2. The van der Waals surface area contributed by atoms with Gasteiger partial charge in [-0.05, 0) is 44.0 Å². The molecule has 0 spiro atoms. The van der Waals surface area contributed by atoms with E-state index < -0.39 is 0 Å². The molecule has 1 aromatic carbocycles. The Balaban J connectivity index is 1.94. The Morgan fingerprint density at radius 2 is 2.24 bits per heavy atom. The van der Waals surface area contributed by atoms with Crippen molar-refractivity contribution in [2.24, 2.45) is 0 Å². The summed E-state index contributed by atoms with van der Waals surface area (Å²) in [5.74, 6) is 1.02. The van der Waals surface area contributed by atoms with Crippen LogP contribution in [0.4, 0.5) is 0 Å². The fourth-order valence-electron chi connectivity index (χ4n) is 2.21. The normalized spacial score (nSPS) is 16.6. The van der Waals surface area contributed by atoms with Crippen molar-refractivity contribution in [2.45, 2.75) is 38.8 Å². The number of ether oxygens (including phenoxy) is 1. The maximum atomic E-state index is 8.69. The topological polar surface area (TPSA) is 41.5 Å². The molecule has 0 aliphatic carbocycles. The van der Waals surface area contributed by atoms with Gasteiger partial charge >= 0.3 is 0 Å². The molecule has 0 atom stereocenters. The van der Waals surface area contributed by atoms with E-state index in [9.17, 15) is 0 Å². The minimum absolute atomic E-state index is 0.0642. The molecule has 0 saturated carbocycles. The molecular weight excluding hydrogens is 214 g/mol. The van der Waals surface area contributed by atoms with Crippen LogP contribution >= 0.6 is 0 Å². The highest BCUT2D eigenvalue weighted by atomic mass is 16.5. The van der Waals surface area contributed by atoms with Crippen molar-refractivity contribution in [3.63, 3.8) is 0 Å². The Labute approximate surface area is 103 Å². The zero-order chi connectivity index (χ0) is 12.3. The lowest BCUT2D eigenvalue weighted by Crippen LogP contribution is -2.24. The van der Waals surface area contributed by atoms with Crippen LogP contribution in [0.2, 0.25) is 0 Å². The second kappa shape index (κ2) is 5.07. The van der Waals surface area contributed by atoms with Crippen molar-refractivity contribution in [3.05, 3.63) is 29.3 Å². The lowest BCUT2D eigenvalue weighted by molar-refractivity contribution is 0.138. The quantitative estimate of drug-likeness (QED) is 0.766. The van der Waals surface area contributed by atoms with E-state index in [1.807, 2.05) is 0 Å². The lowest BCUT2D eigenvalue weighted by Gasteiger charge is -2.16. The second-order valence-corrected chi connectivity index (χ2v) is 5.23. The average Bonchev–Trinajstić information content (AvgIpc) is 2.57. The first-order valence-corrected chi connectivity index (χ1v) is 6.23. The van der Waals surface area contributed by atoms with Gasteiger partial charge in [0.15, 0.2) is 0 Å². The average molecular weight is 235 g/mol. The maximum Gasteiger partial charge on any atom is 0.123 e. The van der Waals surface area contributed by atoms with Crippen LogP contribution in [0.1, 0.15) is 31.4 Å². The molecule has 1 heterocycles. The van der Waals surface area contributed by atoms with E-state index in [1.54, 1.807) is 0 Å². The SMILES string of the molecule is CC1(C)Cc2cc(CNCCCO)ccc2O1. The van der Waals surface area contributed by atoms with E-state index in [0.29, 0.717) is 0 Å². The molecule has 0 aromatic heterocycles. The summed E-state index contributed by atoms with van der Waals surface area (Å²) in [5.41, 5.74) is 2.52. The summed E-state index contributed by atoms with van der Waals surface area (Å²) in [7, 11) is 0. The highest BCUT2D eigenvalue weighted by Gasteiger charge is 2.29.